The maximum atomic E-state index is 12.7. The zero-order valence-electron chi connectivity index (χ0n) is 19.1. The van der Waals surface area contributed by atoms with Crippen LogP contribution in [0.15, 0.2) is 33.9 Å². The molecule has 2 aromatic rings. The van der Waals surface area contributed by atoms with Gasteiger partial charge in [-0.25, -0.2) is 4.79 Å². The van der Waals surface area contributed by atoms with Gasteiger partial charge in [0.05, 0.1) is 6.54 Å². The highest BCUT2D eigenvalue weighted by atomic mass is 19.3. The third-order valence-corrected chi connectivity index (χ3v) is 4.94. The predicted molar refractivity (Wildman–Crippen MR) is 124 cm³/mol. The van der Waals surface area contributed by atoms with Gasteiger partial charge < -0.3 is 20.7 Å². The Bertz CT molecular complexity index is 1030. The normalized spacial score (nSPS) is 11.1. The number of carbonyl (C=O) groups is 1. The first-order valence-electron chi connectivity index (χ1n) is 10.8. The van der Waals surface area contributed by atoms with E-state index < -0.39 is 23.8 Å². The van der Waals surface area contributed by atoms with E-state index >= 15 is 0 Å². The Balaban J connectivity index is 2.27. The number of alkyl halides is 2. The number of ether oxygens (including phenoxy) is 1. The van der Waals surface area contributed by atoms with E-state index in [1.165, 1.54) is 28.8 Å². The van der Waals surface area contributed by atoms with Crippen LogP contribution in [0.3, 0.4) is 0 Å². The molecule has 0 saturated heterocycles. The van der Waals surface area contributed by atoms with Crippen molar-refractivity contribution in [1.82, 2.24) is 9.55 Å². The van der Waals surface area contributed by atoms with E-state index in [1.807, 2.05) is 20.8 Å². The molecule has 2 rings (SSSR count). The van der Waals surface area contributed by atoms with Crippen LogP contribution in [0.1, 0.15) is 40.0 Å². The molecule has 1 aromatic carbocycles. The molecule has 1 amide bonds. The monoisotopic (exact) mass is 467 g/mol. The number of amides is 1. The molecule has 0 spiro atoms. The van der Waals surface area contributed by atoms with Gasteiger partial charge in [0.25, 0.3) is 5.56 Å². The number of aromatic nitrogens is 2. The largest absolute Gasteiger partial charge is 0.435 e. The number of nitrogens with two attached hydrogens (primary N) is 1. The van der Waals surface area contributed by atoms with Crippen LogP contribution < -0.4 is 31.9 Å². The van der Waals surface area contributed by atoms with Crippen LogP contribution in [-0.4, -0.2) is 35.2 Å². The molecular formula is C22H31F2N5O4. The van der Waals surface area contributed by atoms with Crippen molar-refractivity contribution in [2.24, 2.45) is 5.92 Å². The maximum Gasteiger partial charge on any atom is 0.387 e. The first-order chi connectivity index (χ1) is 15.6. The van der Waals surface area contributed by atoms with Crippen molar-refractivity contribution in [3.63, 3.8) is 0 Å². The number of H-pyrrole nitrogens is 1. The Labute approximate surface area is 190 Å². The highest BCUT2D eigenvalue weighted by Crippen LogP contribution is 2.20. The van der Waals surface area contributed by atoms with Gasteiger partial charge in [0.2, 0.25) is 5.91 Å². The number of hydrogen-bond acceptors (Lipinski definition) is 6. The van der Waals surface area contributed by atoms with E-state index in [0.717, 1.165) is 6.42 Å². The lowest BCUT2D eigenvalue weighted by Gasteiger charge is -2.26. The summed E-state index contributed by atoms with van der Waals surface area (Å²) in [6.07, 6.45) is 2.22. The molecule has 1 heterocycles. The van der Waals surface area contributed by atoms with Crippen LogP contribution in [0.25, 0.3) is 0 Å². The Morgan fingerprint density at radius 3 is 2.48 bits per heavy atom. The molecule has 4 N–H and O–H groups in total. The molecular weight excluding hydrogens is 436 g/mol. The van der Waals surface area contributed by atoms with Crippen LogP contribution >= 0.6 is 0 Å². The van der Waals surface area contributed by atoms with Gasteiger partial charge in [0.15, 0.2) is 0 Å². The number of nitrogen functional groups attached to an aromatic ring is 1. The molecule has 9 nitrogen and oxygen atoms in total. The summed E-state index contributed by atoms with van der Waals surface area (Å²) in [5, 5.41) is 2.66. The molecule has 0 aliphatic carbocycles. The van der Waals surface area contributed by atoms with Gasteiger partial charge in [-0.2, -0.15) is 8.78 Å². The first-order valence-corrected chi connectivity index (χ1v) is 10.8. The molecule has 1 aromatic heterocycles. The average molecular weight is 468 g/mol. The molecule has 182 valence electrons. The lowest BCUT2D eigenvalue weighted by Crippen LogP contribution is -2.42. The van der Waals surface area contributed by atoms with Crippen LogP contribution in [0.2, 0.25) is 0 Å². The quantitative estimate of drug-likeness (QED) is 0.441. The topological polar surface area (TPSA) is 122 Å². The van der Waals surface area contributed by atoms with Crippen LogP contribution in [0, 0.1) is 5.92 Å². The summed E-state index contributed by atoms with van der Waals surface area (Å²) in [6, 6.07) is 5.48. The Morgan fingerprint density at radius 2 is 1.91 bits per heavy atom. The molecule has 11 heteroatoms. The van der Waals surface area contributed by atoms with Crippen molar-refractivity contribution >= 4 is 23.1 Å². The molecule has 0 aliphatic heterocycles. The second kappa shape index (κ2) is 12.0. The number of rotatable bonds is 12. The van der Waals surface area contributed by atoms with Crippen molar-refractivity contribution in [2.45, 2.75) is 53.2 Å². The number of carbonyl (C=O) groups excluding carboxylic acids is 1. The Morgan fingerprint density at radius 1 is 1.24 bits per heavy atom. The summed E-state index contributed by atoms with van der Waals surface area (Å²) < 4.78 is 30.2. The number of aromatic amines is 1. The van der Waals surface area contributed by atoms with Gasteiger partial charge in [-0.05, 0) is 43.0 Å². The van der Waals surface area contributed by atoms with Crippen molar-refractivity contribution in [3.8, 4) is 5.75 Å². The molecule has 0 bridgehead atoms. The number of benzene rings is 1. The van der Waals surface area contributed by atoms with Gasteiger partial charge >= 0.3 is 12.3 Å². The molecule has 0 unspecified atom stereocenters. The minimum atomic E-state index is -2.94. The highest BCUT2D eigenvalue weighted by Gasteiger charge is 2.21. The molecule has 33 heavy (non-hydrogen) atoms. The smallest absolute Gasteiger partial charge is 0.387 e. The number of anilines is 3. The molecule has 0 radical (unpaired) electrons. The second-order valence-corrected chi connectivity index (χ2v) is 8.05. The number of unbranched alkanes of at least 4 members (excludes halogenated alkanes) is 1. The Kier molecular flexibility index (Phi) is 9.43. The summed E-state index contributed by atoms with van der Waals surface area (Å²) in [6.45, 7) is 3.58. The van der Waals surface area contributed by atoms with Crippen molar-refractivity contribution in [3.05, 3.63) is 45.1 Å². The standard InChI is InChI=1S/C22H31F2N5O4/c1-4-5-11-29-19(25)18(20(31)27-22(29)32)28(12-10-14(2)3)13-17(30)26-15-6-8-16(9-7-15)33-21(23)24/h6-9,14,21H,4-5,10-13,25H2,1-3H3,(H,26,30)(H,27,31,32). The first kappa shape index (κ1) is 25.9. The lowest BCUT2D eigenvalue weighted by molar-refractivity contribution is -0.115. The summed E-state index contributed by atoms with van der Waals surface area (Å²) in [5.41, 5.74) is 5.41. The van der Waals surface area contributed by atoms with E-state index in [0.29, 0.717) is 37.5 Å². The summed E-state index contributed by atoms with van der Waals surface area (Å²) in [7, 11) is 0. The van der Waals surface area contributed by atoms with E-state index in [-0.39, 0.29) is 23.8 Å². The summed E-state index contributed by atoms with van der Waals surface area (Å²) in [4.78, 5) is 41.5. The summed E-state index contributed by atoms with van der Waals surface area (Å²) >= 11 is 0. The van der Waals surface area contributed by atoms with Gasteiger partial charge in [0, 0.05) is 18.8 Å². The minimum Gasteiger partial charge on any atom is -0.435 e. The van der Waals surface area contributed by atoms with Crippen molar-refractivity contribution < 1.29 is 18.3 Å². The molecule has 0 aliphatic rings. The number of nitrogens with zero attached hydrogens (tertiary/aromatic N) is 2. The zero-order chi connectivity index (χ0) is 24.5. The average Bonchev–Trinajstić information content (AvgIpc) is 2.72. The van der Waals surface area contributed by atoms with Gasteiger partial charge in [-0.15, -0.1) is 0 Å². The van der Waals surface area contributed by atoms with E-state index in [4.69, 9.17) is 5.73 Å². The highest BCUT2D eigenvalue weighted by molar-refractivity contribution is 5.94. The van der Waals surface area contributed by atoms with E-state index in [9.17, 15) is 23.2 Å². The summed E-state index contributed by atoms with van der Waals surface area (Å²) in [5.74, 6) is -0.159. The Hall–Kier alpha value is -3.37. The lowest BCUT2D eigenvalue weighted by atomic mass is 10.1. The van der Waals surface area contributed by atoms with Crippen LogP contribution in [0.5, 0.6) is 5.75 Å². The number of halogens is 2. The fourth-order valence-electron chi connectivity index (χ4n) is 3.20. The van der Waals surface area contributed by atoms with Gasteiger partial charge in [0.1, 0.15) is 17.3 Å². The number of nitrogens with one attached hydrogen (secondary N) is 2. The fourth-order valence-corrected chi connectivity index (χ4v) is 3.20. The van der Waals surface area contributed by atoms with Crippen LogP contribution in [0.4, 0.5) is 26.0 Å². The maximum absolute atomic E-state index is 12.7. The zero-order valence-corrected chi connectivity index (χ0v) is 19.1. The minimum absolute atomic E-state index is 0.0160. The number of hydrogen-bond donors (Lipinski definition) is 3. The van der Waals surface area contributed by atoms with E-state index in [2.05, 4.69) is 15.0 Å². The molecule has 0 atom stereocenters. The predicted octanol–water partition coefficient (Wildman–Crippen LogP) is 3.01. The third-order valence-electron chi connectivity index (χ3n) is 4.94. The van der Waals surface area contributed by atoms with Gasteiger partial charge in [-0.1, -0.05) is 27.2 Å². The SMILES string of the molecule is CCCCn1c(N)c(N(CCC(C)C)CC(=O)Nc2ccc(OC(F)F)cc2)c(=O)[nH]c1=O. The molecule has 0 fully saturated rings. The second-order valence-electron chi connectivity index (χ2n) is 8.05. The van der Waals surface area contributed by atoms with Crippen LogP contribution in [-0.2, 0) is 11.3 Å². The van der Waals surface area contributed by atoms with Gasteiger partial charge in [-0.3, -0.25) is 19.1 Å². The van der Waals surface area contributed by atoms with E-state index in [1.54, 1.807) is 4.90 Å². The van der Waals surface area contributed by atoms with Crippen molar-refractivity contribution in [2.75, 3.05) is 29.0 Å². The van der Waals surface area contributed by atoms with Crippen molar-refractivity contribution in [1.29, 1.82) is 0 Å². The third kappa shape index (κ3) is 7.62. The fraction of sp³-hybridized carbons (Fsp3) is 0.500. The molecule has 0 saturated carbocycles.